The lowest BCUT2D eigenvalue weighted by atomic mass is 10.1. The van der Waals surface area contributed by atoms with E-state index in [1.807, 2.05) is 28.0 Å². The maximum Gasteiger partial charge on any atom is 0.227 e. The molecule has 0 N–H and O–H groups in total. The van der Waals surface area contributed by atoms with Gasteiger partial charge in [-0.25, -0.2) is 4.39 Å². The van der Waals surface area contributed by atoms with Crippen molar-refractivity contribution in [3.63, 3.8) is 0 Å². The molecular formula is C20H21FN2O2. The fourth-order valence-electron chi connectivity index (χ4n) is 3.54. The second-order valence-corrected chi connectivity index (χ2v) is 6.54. The second-order valence-electron chi connectivity index (χ2n) is 6.54. The first-order valence-corrected chi connectivity index (χ1v) is 8.72. The largest absolute Gasteiger partial charge is 0.493 e. The zero-order valence-electron chi connectivity index (χ0n) is 14.1. The van der Waals surface area contributed by atoms with E-state index in [1.54, 1.807) is 12.1 Å². The monoisotopic (exact) mass is 340 g/mol. The fraction of sp³-hybridized carbons (Fsp3) is 0.350. The molecule has 25 heavy (non-hydrogen) atoms. The van der Waals surface area contributed by atoms with E-state index in [2.05, 4.69) is 6.07 Å². The van der Waals surface area contributed by atoms with Gasteiger partial charge >= 0.3 is 0 Å². The van der Waals surface area contributed by atoms with Gasteiger partial charge in [0.05, 0.1) is 18.7 Å². The lowest BCUT2D eigenvalue weighted by Crippen LogP contribution is -2.49. The molecule has 0 atom stereocenters. The summed E-state index contributed by atoms with van der Waals surface area (Å²) in [5.41, 5.74) is 2.84. The molecule has 2 aromatic carbocycles. The second kappa shape index (κ2) is 6.75. The Morgan fingerprint density at radius 1 is 1.08 bits per heavy atom. The highest BCUT2D eigenvalue weighted by Crippen LogP contribution is 2.26. The van der Waals surface area contributed by atoms with Crippen LogP contribution in [0, 0.1) is 5.82 Å². The van der Waals surface area contributed by atoms with Gasteiger partial charge in [-0.1, -0.05) is 24.3 Å². The molecule has 1 saturated heterocycles. The van der Waals surface area contributed by atoms with Crippen molar-refractivity contribution in [1.82, 2.24) is 4.90 Å². The molecule has 0 radical (unpaired) electrons. The summed E-state index contributed by atoms with van der Waals surface area (Å²) in [5.74, 6) is 0.865. The van der Waals surface area contributed by atoms with Crippen LogP contribution in [0.25, 0.3) is 0 Å². The highest BCUT2D eigenvalue weighted by atomic mass is 19.1. The van der Waals surface area contributed by atoms with Gasteiger partial charge in [0.25, 0.3) is 0 Å². The lowest BCUT2D eigenvalue weighted by molar-refractivity contribution is -0.130. The molecule has 0 saturated carbocycles. The smallest absolute Gasteiger partial charge is 0.227 e. The number of para-hydroxylation sites is 1. The molecule has 0 aliphatic carbocycles. The number of nitrogens with zero attached hydrogens (tertiary/aromatic N) is 2. The van der Waals surface area contributed by atoms with Crippen LogP contribution >= 0.6 is 0 Å². The molecule has 0 spiro atoms. The maximum absolute atomic E-state index is 13.9. The van der Waals surface area contributed by atoms with Crippen LogP contribution in [0.5, 0.6) is 5.75 Å². The predicted octanol–water partition coefficient (Wildman–Crippen LogP) is 2.65. The van der Waals surface area contributed by atoms with Crippen LogP contribution in [0.3, 0.4) is 0 Å². The Bertz CT molecular complexity index is 785. The molecule has 1 amide bonds. The Morgan fingerprint density at radius 2 is 1.88 bits per heavy atom. The topological polar surface area (TPSA) is 32.8 Å². The number of halogens is 1. The number of hydrogen-bond donors (Lipinski definition) is 0. The Hall–Kier alpha value is -2.56. The van der Waals surface area contributed by atoms with E-state index in [1.165, 1.54) is 11.6 Å². The zero-order chi connectivity index (χ0) is 17.2. The van der Waals surface area contributed by atoms with Crippen LogP contribution in [-0.2, 0) is 17.6 Å². The van der Waals surface area contributed by atoms with Gasteiger partial charge in [-0.05, 0) is 29.3 Å². The molecule has 2 aliphatic heterocycles. The van der Waals surface area contributed by atoms with E-state index < -0.39 is 0 Å². The van der Waals surface area contributed by atoms with Crippen molar-refractivity contribution in [2.45, 2.75) is 12.8 Å². The van der Waals surface area contributed by atoms with Gasteiger partial charge in [-0.3, -0.25) is 4.79 Å². The fourth-order valence-corrected chi connectivity index (χ4v) is 3.54. The number of carbonyl (C=O) groups excluding carboxylic acids is 1. The van der Waals surface area contributed by atoms with E-state index >= 15 is 0 Å². The molecule has 130 valence electrons. The van der Waals surface area contributed by atoms with E-state index in [0.717, 1.165) is 24.3 Å². The maximum atomic E-state index is 13.9. The highest BCUT2D eigenvalue weighted by Gasteiger charge is 2.23. The molecular weight excluding hydrogens is 319 g/mol. The average Bonchev–Trinajstić information content (AvgIpc) is 3.10. The van der Waals surface area contributed by atoms with Crippen LogP contribution < -0.4 is 9.64 Å². The summed E-state index contributed by atoms with van der Waals surface area (Å²) in [5, 5.41) is 0. The van der Waals surface area contributed by atoms with Crippen molar-refractivity contribution < 1.29 is 13.9 Å². The summed E-state index contributed by atoms with van der Waals surface area (Å²) < 4.78 is 19.4. The van der Waals surface area contributed by atoms with Crippen molar-refractivity contribution in [3.05, 3.63) is 59.4 Å². The number of piperazine rings is 1. The quantitative estimate of drug-likeness (QED) is 0.861. The van der Waals surface area contributed by atoms with Crippen LogP contribution in [0.1, 0.15) is 11.1 Å². The van der Waals surface area contributed by atoms with E-state index in [4.69, 9.17) is 4.74 Å². The number of carbonyl (C=O) groups is 1. The predicted molar refractivity (Wildman–Crippen MR) is 94.5 cm³/mol. The SMILES string of the molecule is O=C(Cc1ccc2c(c1)CCO2)N1CCN(c2ccccc2F)CC1. The molecule has 1 fully saturated rings. The Labute approximate surface area is 146 Å². The van der Waals surface area contributed by atoms with Gasteiger partial charge in [0.15, 0.2) is 0 Å². The summed E-state index contributed by atoms with van der Waals surface area (Å²) in [7, 11) is 0. The minimum atomic E-state index is -0.206. The first-order chi connectivity index (χ1) is 12.2. The van der Waals surface area contributed by atoms with E-state index in [-0.39, 0.29) is 11.7 Å². The minimum absolute atomic E-state index is 0.132. The standard InChI is InChI=1S/C20H21FN2O2/c21-17-3-1-2-4-18(17)22-8-10-23(11-9-22)20(24)14-15-5-6-19-16(13-15)7-12-25-19/h1-6,13H,7-12,14H2. The molecule has 0 bridgehead atoms. The van der Waals surface area contributed by atoms with Crippen LogP contribution in [-0.4, -0.2) is 43.6 Å². The van der Waals surface area contributed by atoms with Gasteiger partial charge < -0.3 is 14.5 Å². The Balaban J connectivity index is 1.36. The number of rotatable bonds is 3. The van der Waals surface area contributed by atoms with Crippen LogP contribution in [0.4, 0.5) is 10.1 Å². The molecule has 2 heterocycles. The summed E-state index contributed by atoms with van der Waals surface area (Å²) in [6, 6.07) is 12.8. The first kappa shape index (κ1) is 15.9. The number of ether oxygens (including phenoxy) is 1. The summed E-state index contributed by atoms with van der Waals surface area (Å²) in [4.78, 5) is 16.5. The number of amides is 1. The zero-order valence-corrected chi connectivity index (χ0v) is 14.1. The number of fused-ring (bicyclic) bond motifs is 1. The Morgan fingerprint density at radius 3 is 2.68 bits per heavy atom. The van der Waals surface area contributed by atoms with Crippen molar-refractivity contribution in [3.8, 4) is 5.75 Å². The minimum Gasteiger partial charge on any atom is -0.493 e. The number of benzene rings is 2. The summed E-state index contributed by atoms with van der Waals surface area (Å²) in [6.45, 7) is 3.29. The molecule has 2 aliphatic rings. The highest BCUT2D eigenvalue weighted by molar-refractivity contribution is 5.79. The molecule has 5 heteroatoms. The Kier molecular flexibility index (Phi) is 4.30. The van der Waals surface area contributed by atoms with Gasteiger partial charge in [-0.15, -0.1) is 0 Å². The van der Waals surface area contributed by atoms with Crippen LogP contribution in [0.2, 0.25) is 0 Å². The lowest BCUT2D eigenvalue weighted by Gasteiger charge is -2.36. The normalized spacial score (nSPS) is 16.5. The van der Waals surface area contributed by atoms with Gasteiger partial charge in [0.1, 0.15) is 11.6 Å². The molecule has 0 unspecified atom stereocenters. The molecule has 4 nitrogen and oxygen atoms in total. The van der Waals surface area contributed by atoms with Gasteiger partial charge in [0.2, 0.25) is 5.91 Å². The summed E-state index contributed by atoms with van der Waals surface area (Å²) in [6.07, 6.45) is 1.33. The number of hydrogen-bond acceptors (Lipinski definition) is 3. The first-order valence-electron chi connectivity index (χ1n) is 8.72. The van der Waals surface area contributed by atoms with Crippen molar-refractivity contribution >= 4 is 11.6 Å². The summed E-state index contributed by atoms with van der Waals surface area (Å²) >= 11 is 0. The molecule has 2 aromatic rings. The van der Waals surface area contributed by atoms with Gasteiger partial charge in [0, 0.05) is 32.6 Å². The average molecular weight is 340 g/mol. The van der Waals surface area contributed by atoms with Crippen LogP contribution in [0.15, 0.2) is 42.5 Å². The number of anilines is 1. The third-order valence-corrected chi connectivity index (χ3v) is 4.93. The third kappa shape index (κ3) is 3.31. The molecule has 4 rings (SSSR count). The van der Waals surface area contributed by atoms with Crippen molar-refractivity contribution in [2.24, 2.45) is 0 Å². The van der Waals surface area contributed by atoms with Gasteiger partial charge in [-0.2, -0.15) is 0 Å². The van der Waals surface area contributed by atoms with E-state index in [0.29, 0.717) is 38.3 Å². The van der Waals surface area contributed by atoms with E-state index in [9.17, 15) is 9.18 Å². The third-order valence-electron chi connectivity index (χ3n) is 4.93. The molecule has 0 aromatic heterocycles. The van der Waals surface area contributed by atoms with Crippen molar-refractivity contribution in [2.75, 3.05) is 37.7 Å². The van der Waals surface area contributed by atoms with Crippen molar-refractivity contribution in [1.29, 1.82) is 0 Å².